The molecular weight excluding hydrogens is 202 g/mol. The summed E-state index contributed by atoms with van der Waals surface area (Å²) in [7, 11) is 3.71. The lowest BCUT2D eigenvalue weighted by atomic mass is 10.0. The van der Waals surface area contributed by atoms with E-state index < -0.39 is 0 Å². The molecule has 0 aliphatic carbocycles. The summed E-state index contributed by atoms with van der Waals surface area (Å²) in [6.45, 7) is 3.05. The highest BCUT2D eigenvalue weighted by Gasteiger charge is 2.14. The van der Waals surface area contributed by atoms with Crippen molar-refractivity contribution in [3.8, 4) is 5.75 Å². The van der Waals surface area contributed by atoms with E-state index in [4.69, 9.17) is 9.84 Å². The second-order valence-corrected chi connectivity index (χ2v) is 3.90. The number of rotatable bonds is 6. The van der Waals surface area contributed by atoms with Crippen LogP contribution in [-0.4, -0.2) is 37.3 Å². The van der Waals surface area contributed by atoms with Crippen molar-refractivity contribution in [3.63, 3.8) is 0 Å². The molecule has 1 aromatic rings. The van der Waals surface area contributed by atoms with Crippen molar-refractivity contribution < 1.29 is 9.84 Å². The third-order valence-corrected chi connectivity index (χ3v) is 2.87. The quantitative estimate of drug-likeness (QED) is 0.801. The van der Waals surface area contributed by atoms with Crippen molar-refractivity contribution in [2.45, 2.75) is 19.4 Å². The fourth-order valence-corrected chi connectivity index (χ4v) is 1.94. The first-order valence-corrected chi connectivity index (χ1v) is 5.68. The molecule has 1 unspecified atom stereocenters. The molecule has 16 heavy (non-hydrogen) atoms. The maximum Gasteiger partial charge on any atom is 0.118 e. The zero-order chi connectivity index (χ0) is 12.0. The number of methoxy groups -OCH3 is 1. The van der Waals surface area contributed by atoms with E-state index in [-0.39, 0.29) is 6.61 Å². The molecule has 0 amide bonds. The van der Waals surface area contributed by atoms with Crippen LogP contribution in [0.3, 0.4) is 0 Å². The molecule has 1 N–H and O–H groups in total. The standard InChI is InChI=1S/C13H21NO2/c1-4-13(14(2)9-10-15)11-5-7-12(16-3)8-6-11/h5-8,13,15H,4,9-10H2,1-3H3. The number of aliphatic hydroxyl groups excluding tert-OH is 1. The van der Waals surface area contributed by atoms with E-state index in [1.165, 1.54) is 5.56 Å². The molecule has 0 spiro atoms. The lowest BCUT2D eigenvalue weighted by molar-refractivity contribution is 0.177. The fraction of sp³-hybridized carbons (Fsp3) is 0.538. The SMILES string of the molecule is CCC(c1ccc(OC)cc1)N(C)CCO. The highest BCUT2D eigenvalue weighted by Crippen LogP contribution is 2.24. The Balaban J connectivity index is 2.78. The van der Waals surface area contributed by atoms with E-state index in [2.05, 4.69) is 24.0 Å². The van der Waals surface area contributed by atoms with Crippen molar-refractivity contribution in [3.05, 3.63) is 29.8 Å². The summed E-state index contributed by atoms with van der Waals surface area (Å²) in [5.74, 6) is 0.878. The van der Waals surface area contributed by atoms with Crippen LogP contribution < -0.4 is 4.74 Å². The third kappa shape index (κ3) is 3.22. The number of nitrogens with zero attached hydrogens (tertiary/aromatic N) is 1. The summed E-state index contributed by atoms with van der Waals surface area (Å²) in [6.07, 6.45) is 1.03. The van der Waals surface area contributed by atoms with Crippen LogP contribution in [0.1, 0.15) is 24.9 Å². The van der Waals surface area contributed by atoms with Gasteiger partial charge in [0.2, 0.25) is 0 Å². The Morgan fingerprint density at radius 2 is 1.94 bits per heavy atom. The van der Waals surface area contributed by atoms with E-state index in [0.29, 0.717) is 12.6 Å². The number of ether oxygens (including phenoxy) is 1. The molecule has 1 rings (SSSR count). The van der Waals surface area contributed by atoms with Gasteiger partial charge in [-0.2, -0.15) is 0 Å². The number of hydrogen-bond donors (Lipinski definition) is 1. The van der Waals surface area contributed by atoms with Crippen LogP contribution in [0, 0.1) is 0 Å². The van der Waals surface area contributed by atoms with Gasteiger partial charge in [-0.05, 0) is 31.2 Å². The van der Waals surface area contributed by atoms with Crippen molar-refractivity contribution in [1.29, 1.82) is 0 Å². The van der Waals surface area contributed by atoms with Gasteiger partial charge >= 0.3 is 0 Å². The van der Waals surface area contributed by atoms with Crippen LogP contribution >= 0.6 is 0 Å². The molecule has 0 fully saturated rings. The molecule has 1 atom stereocenters. The van der Waals surface area contributed by atoms with E-state index in [9.17, 15) is 0 Å². The minimum atomic E-state index is 0.198. The van der Waals surface area contributed by atoms with E-state index in [1.807, 2.05) is 19.2 Å². The number of benzene rings is 1. The molecule has 0 heterocycles. The zero-order valence-electron chi connectivity index (χ0n) is 10.3. The van der Waals surface area contributed by atoms with Crippen molar-refractivity contribution in [1.82, 2.24) is 4.90 Å². The topological polar surface area (TPSA) is 32.7 Å². The van der Waals surface area contributed by atoms with Crippen LogP contribution in [0.15, 0.2) is 24.3 Å². The highest BCUT2D eigenvalue weighted by molar-refractivity contribution is 5.29. The lowest BCUT2D eigenvalue weighted by Gasteiger charge is -2.26. The molecular formula is C13H21NO2. The van der Waals surface area contributed by atoms with Gasteiger partial charge in [0.1, 0.15) is 5.75 Å². The van der Waals surface area contributed by atoms with Crippen molar-refractivity contribution in [2.75, 3.05) is 27.3 Å². The summed E-state index contributed by atoms with van der Waals surface area (Å²) in [6, 6.07) is 8.48. The molecule has 0 bridgehead atoms. The first-order valence-electron chi connectivity index (χ1n) is 5.68. The van der Waals surface area contributed by atoms with Crippen LogP contribution in [0.4, 0.5) is 0 Å². The monoisotopic (exact) mass is 223 g/mol. The number of aliphatic hydroxyl groups is 1. The average molecular weight is 223 g/mol. The van der Waals surface area contributed by atoms with Gasteiger partial charge in [0.15, 0.2) is 0 Å². The average Bonchev–Trinajstić information content (AvgIpc) is 2.31. The first kappa shape index (κ1) is 13.0. The molecule has 0 aromatic heterocycles. The molecule has 0 radical (unpaired) electrons. The molecule has 90 valence electrons. The number of likely N-dealkylation sites (N-methyl/N-ethyl adjacent to an activating group) is 1. The Morgan fingerprint density at radius 3 is 2.38 bits per heavy atom. The molecule has 3 heteroatoms. The van der Waals surface area contributed by atoms with Crippen LogP contribution in [0.25, 0.3) is 0 Å². The Hall–Kier alpha value is -1.06. The lowest BCUT2D eigenvalue weighted by Crippen LogP contribution is -2.27. The second-order valence-electron chi connectivity index (χ2n) is 3.90. The molecule has 0 aliphatic heterocycles. The van der Waals surface area contributed by atoms with Gasteiger partial charge in [0.25, 0.3) is 0 Å². The largest absolute Gasteiger partial charge is 0.497 e. The van der Waals surface area contributed by atoms with Gasteiger partial charge in [-0.1, -0.05) is 19.1 Å². The first-order chi connectivity index (χ1) is 7.72. The van der Waals surface area contributed by atoms with Gasteiger partial charge in [-0.15, -0.1) is 0 Å². The normalized spacial score (nSPS) is 12.8. The summed E-state index contributed by atoms with van der Waals surface area (Å²) < 4.78 is 5.14. The second kappa shape index (κ2) is 6.51. The van der Waals surface area contributed by atoms with Gasteiger partial charge in [-0.25, -0.2) is 0 Å². The fourth-order valence-electron chi connectivity index (χ4n) is 1.94. The summed E-state index contributed by atoms with van der Waals surface area (Å²) in [5, 5.41) is 8.95. The summed E-state index contributed by atoms with van der Waals surface area (Å²) in [5.41, 5.74) is 1.26. The number of hydrogen-bond acceptors (Lipinski definition) is 3. The maximum absolute atomic E-state index is 8.95. The van der Waals surface area contributed by atoms with Gasteiger partial charge in [0, 0.05) is 12.6 Å². The van der Waals surface area contributed by atoms with Crippen molar-refractivity contribution in [2.24, 2.45) is 0 Å². The third-order valence-electron chi connectivity index (χ3n) is 2.87. The zero-order valence-corrected chi connectivity index (χ0v) is 10.3. The minimum absolute atomic E-state index is 0.198. The van der Waals surface area contributed by atoms with Crippen LogP contribution in [0.5, 0.6) is 5.75 Å². The molecule has 0 saturated heterocycles. The minimum Gasteiger partial charge on any atom is -0.497 e. The Bertz CT molecular complexity index is 297. The van der Waals surface area contributed by atoms with E-state index in [1.54, 1.807) is 7.11 Å². The highest BCUT2D eigenvalue weighted by atomic mass is 16.5. The van der Waals surface area contributed by atoms with Gasteiger partial charge in [-0.3, -0.25) is 4.90 Å². The molecule has 0 aliphatic rings. The maximum atomic E-state index is 8.95. The Morgan fingerprint density at radius 1 is 1.31 bits per heavy atom. The molecule has 0 saturated carbocycles. The van der Waals surface area contributed by atoms with Gasteiger partial charge < -0.3 is 9.84 Å². The van der Waals surface area contributed by atoms with E-state index in [0.717, 1.165) is 12.2 Å². The molecule has 3 nitrogen and oxygen atoms in total. The van der Waals surface area contributed by atoms with Gasteiger partial charge in [0.05, 0.1) is 13.7 Å². The smallest absolute Gasteiger partial charge is 0.118 e. The Kier molecular flexibility index (Phi) is 5.29. The van der Waals surface area contributed by atoms with Crippen molar-refractivity contribution >= 4 is 0 Å². The summed E-state index contributed by atoms with van der Waals surface area (Å²) in [4.78, 5) is 2.17. The predicted octanol–water partition coefficient (Wildman–Crippen LogP) is 2.07. The van der Waals surface area contributed by atoms with Crippen LogP contribution in [-0.2, 0) is 0 Å². The predicted molar refractivity (Wildman–Crippen MR) is 65.7 cm³/mol. The molecule has 1 aromatic carbocycles. The Labute approximate surface area is 97.7 Å². The van der Waals surface area contributed by atoms with E-state index >= 15 is 0 Å². The van der Waals surface area contributed by atoms with Crippen LogP contribution in [0.2, 0.25) is 0 Å². The summed E-state index contributed by atoms with van der Waals surface area (Å²) >= 11 is 0.